The van der Waals surface area contributed by atoms with Gasteiger partial charge in [0.2, 0.25) is 0 Å². The fourth-order valence-corrected chi connectivity index (χ4v) is 3.44. The van der Waals surface area contributed by atoms with Crippen molar-refractivity contribution in [1.82, 2.24) is 5.32 Å². The first-order chi connectivity index (χ1) is 9.70. The van der Waals surface area contributed by atoms with Crippen molar-refractivity contribution < 1.29 is 4.21 Å². The first-order valence-corrected chi connectivity index (χ1v) is 8.57. The van der Waals surface area contributed by atoms with Crippen LogP contribution in [0.4, 0.5) is 0 Å². The van der Waals surface area contributed by atoms with Crippen molar-refractivity contribution >= 4 is 21.6 Å². The molecule has 108 valence electrons. The fraction of sp³-hybridized carbons (Fsp3) is 0.412. The highest BCUT2D eigenvalue weighted by molar-refractivity contribution is 7.85. The molecule has 2 aromatic carbocycles. The van der Waals surface area contributed by atoms with Gasteiger partial charge in [-0.2, -0.15) is 0 Å². The number of rotatable bonds is 7. The molecule has 0 bridgehead atoms. The van der Waals surface area contributed by atoms with Crippen LogP contribution < -0.4 is 5.32 Å². The first-order valence-electron chi connectivity index (χ1n) is 7.25. The van der Waals surface area contributed by atoms with Crippen LogP contribution in [0.2, 0.25) is 0 Å². The zero-order valence-corrected chi connectivity index (χ0v) is 13.1. The summed E-state index contributed by atoms with van der Waals surface area (Å²) in [6, 6.07) is 14.9. The van der Waals surface area contributed by atoms with Crippen molar-refractivity contribution in [3.8, 4) is 0 Å². The van der Waals surface area contributed by atoms with E-state index in [1.165, 1.54) is 10.8 Å². The highest BCUT2D eigenvalue weighted by atomic mass is 32.2. The lowest BCUT2D eigenvalue weighted by Gasteiger charge is -2.09. The summed E-state index contributed by atoms with van der Waals surface area (Å²) in [6.45, 7) is 2.18. The zero-order valence-electron chi connectivity index (χ0n) is 12.3. The molecule has 2 nitrogen and oxygen atoms in total. The van der Waals surface area contributed by atoms with Gasteiger partial charge in [-0.25, -0.2) is 0 Å². The summed E-state index contributed by atoms with van der Waals surface area (Å²) in [5, 5.41) is 5.60. The van der Waals surface area contributed by atoms with Gasteiger partial charge in [-0.15, -0.1) is 0 Å². The van der Waals surface area contributed by atoms with Crippen molar-refractivity contribution in [3.63, 3.8) is 0 Å². The Hall–Kier alpha value is -1.19. The van der Waals surface area contributed by atoms with Gasteiger partial charge in [0.1, 0.15) is 0 Å². The molecule has 0 spiro atoms. The second-order valence-electron chi connectivity index (χ2n) is 5.24. The van der Waals surface area contributed by atoms with Crippen molar-refractivity contribution in [1.29, 1.82) is 0 Å². The molecular formula is C17H23NOS. The minimum Gasteiger partial charge on any atom is -0.317 e. The molecule has 0 fully saturated rings. The summed E-state index contributed by atoms with van der Waals surface area (Å²) >= 11 is 0. The van der Waals surface area contributed by atoms with Crippen LogP contribution in [-0.2, 0) is 10.8 Å². The van der Waals surface area contributed by atoms with E-state index in [-0.39, 0.29) is 0 Å². The van der Waals surface area contributed by atoms with Crippen LogP contribution in [0.1, 0.15) is 26.2 Å². The van der Waals surface area contributed by atoms with E-state index in [9.17, 15) is 4.21 Å². The number of unbranched alkanes of at least 4 members (excludes halogenated alkanes) is 1. The number of fused-ring (bicyclic) bond motifs is 1. The average Bonchev–Trinajstić information content (AvgIpc) is 2.50. The summed E-state index contributed by atoms with van der Waals surface area (Å²) in [5.74, 6) is 0.759. The van der Waals surface area contributed by atoms with E-state index < -0.39 is 10.8 Å². The topological polar surface area (TPSA) is 29.1 Å². The predicted octanol–water partition coefficient (Wildman–Crippen LogP) is 3.73. The SMILES string of the molecule is CNC(C)CCCCS(=O)c1ccc2ccccc2c1. The second kappa shape index (κ2) is 7.55. The van der Waals surface area contributed by atoms with Crippen molar-refractivity contribution in [2.24, 2.45) is 0 Å². The summed E-state index contributed by atoms with van der Waals surface area (Å²) in [7, 11) is 1.11. The van der Waals surface area contributed by atoms with E-state index in [4.69, 9.17) is 0 Å². The third-order valence-corrected chi connectivity index (χ3v) is 5.13. The molecule has 0 saturated carbocycles. The molecule has 2 unspecified atom stereocenters. The van der Waals surface area contributed by atoms with Gasteiger partial charge in [-0.3, -0.25) is 4.21 Å². The summed E-state index contributed by atoms with van der Waals surface area (Å²) in [6.07, 6.45) is 3.29. The quantitative estimate of drug-likeness (QED) is 0.787. The minimum absolute atomic E-state index is 0.545. The van der Waals surface area contributed by atoms with Crippen molar-refractivity contribution in [2.75, 3.05) is 12.8 Å². The van der Waals surface area contributed by atoms with Gasteiger partial charge in [0.15, 0.2) is 0 Å². The Morgan fingerprint density at radius 1 is 1.10 bits per heavy atom. The molecule has 1 N–H and O–H groups in total. The molecule has 0 amide bonds. The van der Waals surface area contributed by atoms with Gasteiger partial charge in [0.05, 0.1) is 10.8 Å². The normalized spacial score (nSPS) is 14.3. The zero-order chi connectivity index (χ0) is 14.4. The number of hydrogen-bond acceptors (Lipinski definition) is 2. The van der Waals surface area contributed by atoms with Gasteiger partial charge >= 0.3 is 0 Å². The van der Waals surface area contributed by atoms with E-state index >= 15 is 0 Å². The van der Waals surface area contributed by atoms with Crippen LogP contribution in [0.5, 0.6) is 0 Å². The average molecular weight is 289 g/mol. The molecule has 2 aromatic rings. The van der Waals surface area contributed by atoms with Gasteiger partial charge in [-0.1, -0.05) is 36.8 Å². The molecule has 20 heavy (non-hydrogen) atoms. The van der Waals surface area contributed by atoms with Crippen LogP contribution in [-0.4, -0.2) is 23.1 Å². The molecular weight excluding hydrogens is 266 g/mol. The molecule has 0 aliphatic heterocycles. The summed E-state index contributed by atoms with van der Waals surface area (Å²) in [5.41, 5.74) is 0. The number of nitrogens with one attached hydrogen (secondary N) is 1. The van der Waals surface area contributed by atoms with E-state index in [1.54, 1.807) is 0 Å². The van der Waals surface area contributed by atoms with Gasteiger partial charge < -0.3 is 5.32 Å². The van der Waals surface area contributed by atoms with E-state index in [2.05, 4.69) is 36.5 Å². The Labute approximate surface area is 124 Å². The van der Waals surface area contributed by atoms with E-state index in [0.29, 0.717) is 6.04 Å². The largest absolute Gasteiger partial charge is 0.317 e. The van der Waals surface area contributed by atoms with Crippen LogP contribution >= 0.6 is 0 Å². The van der Waals surface area contributed by atoms with Crippen LogP contribution in [0.15, 0.2) is 47.4 Å². The molecule has 0 aliphatic carbocycles. The maximum Gasteiger partial charge on any atom is 0.0529 e. The van der Waals surface area contributed by atoms with Crippen molar-refractivity contribution in [3.05, 3.63) is 42.5 Å². The number of benzene rings is 2. The smallest absolute Gasteiger partial charge is 0.0529 e. The van der Waals surface area contributed by atoms with E-state index in [0.717, 1.165) is 29.9 Å². The van der Waals surface area contributed by atoms with Gasteiger partial charge in [0, 0.05) is 16.7 Å². The Balaban J connectivity index is 1.91. The lowest BCUT2D eigenvalue weighted by atomic mass is 10.1. The molecule has 0 aliphatic rings. The summed E-state index contributed by atoms with van der Waals surface area (Å²) in [4.78, 5) is 0.949. The number of hydrogen-bond donors (Lipinski definition) is 1. The monoisotopic (exact) mass is 289 g/mol. The molecule has 3 heteroatoms. The van der Waals surface area contributed by atoms with Crippen LogP contribution in [0, 0.1) is 0 Å². The minimum atomic E-state index is -0.877. The highest BCUT2D eigenvalue weighted by Gasteiger charge is 2.05. The standard InChI is InChI=1S/C17H23NOS/c1-14(18-2)7-5-6-12-20(19)17-11-10-15-8-3-4-9-16(15)13-17/h3-4,8-11,13-14,18H,5-7,12H2,1-2H3. The first kappa shape index (κ1) is 15.2. The van der Waals surface area contributed by atoms with E-state index in [1.807, 2.05) is 25.2 Å². The van der Waals surface area contributed by atoms with Crippen LogP contribution in [0.3, 0.4) is 0 Å². The Morgan fingerprint density at radius 3 is 2.60 bits per heavy atom. The van der Waals surface area contributed by atoms with Crippen molar-refractivity contribution in [2.45, 2.75) is 37.1 Å². The molecule has 0 aromatic heterocycles. The maximum atomic E-state index is 12.3. The second-order valence-corrected chi connectivity index (χ2v) is 6.81. The Morgan fingerprint density at radius 2 is 1.85 bits per heavy atom. The Bertz CT molecular complexity index is 582. The third kappa shape index (κ3) is 4.15. The lowest BCUT2D eigenvalue weighted by Crippen LogP contribution is -2.20. The highest BCUT2D eigenvalue weighted by Crippen LogP contribution is 2.18. The predicted molar refractivity (Wildman–Crippen MR) is 87.6 cm³/mol. The lowest BCUT2D eigenvalue weighted by molar-refractivity contribution is 0.537. The molecule has 2 atom stereocenters. The fourth-order valence-electron chi connectivity index (χ4n) is 2.25. The molecule has 2 rings (SSSR count). The van der Waals surface area contributed by atoms with Crippen LogP contribution in [0.25, 0.3) is 10.8 Å². The summed E-state index contributed by atoms with van der Waals surface area (Å²) < 4.78 is 12.3. The third-order valence-electron chi connectivity index (χ3n) is 3.69. The maximum absolute atomic E-state index is 12.3. The Kier molecular flexibility index (Phi) is 5.74. The molecule has 0 heterocycles. The molecule has 0 saturated heterocycles. The molecule has 0 radical (unpaired) electrons. The van der Waals surface area contributed by atoms with Gasteiger partial charge in [0.25, 0.3) is 0 Å². The van der Waals surface area contributed by atoms with Gasteiger partial charge in [-0.05, 0) is 49.7 Å².